The molecule has 1 aliphatic heterocycles. The van der Waals surface area contributed by atoms with Crippen molar-refractivity contribution in [3.63, 3.8) is 0 Å². The SMILES string of the molecule is CS(=O)(=O)c1ccc(CC2CCNC2)c(F)c1. The maximum atomic E-state index is 13.7. The van der Waals surface area contributed by atoms with E-state index >= 15 is 0 Å². The van der Waals surface area contributed by atoms with Gasteiger partial charge in [-0.1, -0.05) is 6.07 Å². The molecule has 1 N–H and O–H groups in total. The summed E-state index contributed by atoms with van der Waals surface area (Å²) >= 11 is 0. The van der Waals surface area contributed by atoms with Crippen LogP contribution in [0.3, 0.4) is 0 Å². The summed E-state index contributed by atoms with van der Waals surface area (Å²) in [6.45, 7) is 1.89. The summed E-state index contributed by atoms with van der Waals surface area (Å²) in [5, 5.41) is 3.23. The number of halogens is 1. The van der Waals surface area contributed by atoms with Gasteiger partial charge in [-0.3, -0.25) is 0 Å². The molecule has 0 aliphatic carbocycles. The highest BCUT2D eigenvalue weighted by Crippen LogP contribution is 2.20. The van der Waals surface area contributed by atoms with Crippen LogP contribution in [0, 0.1) is 11.7 Å². The molecule has 1 atom stereocenters. The molecule has 1 aromatic carbocycles. The Labute approximate surface area is 101 Å². The number of hydrogen-bond donors (Lipinski definition) is 1. The van der Waals surface area contributed by atoms with E-state index in [4.69, 9.17) is 0 Å². The first-order chi connectivity index (χ1) is 7.97. The van der Waals surface area contributed by atoms with Crippen LogP contribution in [0.5, 0.6) is 0 Å². The van der Waals surface area contributed by atoms with Gasteiger partial charge in [-0.15, -0.1) is 0 Å². The fourth-order valence-electron chi connectivity index (χ4n) is 2.12. The fraction of sp³-hybridized carbons (Fsp3) is 0.500. The third kappa shape index (κ3) is 3.04. The van der Waals surface area contributed by atoms with Gasteiger partial charge in [0.15, 0.2) is 9.84 Å². The van der Waals surface area contributed by atoms with Crippen molar-refractivity contribution in [1.82, 2.24) is 5.32 Å². The molecule has 2 rings (SSSR count). The van der Waals surface area contributed by atoms with Crippen LogP contribution in [-0.2, 0) is 16.3 Å². The highest BCUT2D eigenvalue weighted by molar-refractivity contribution is 7.90. The van der Waals surface area contributed by atoms with Crippen LogP contribution in [0.4, 0.5) is 4.39 Å². The monoisotopic (exact) mass is 257 g/mol. The minimum atomic E-state index is -3.32. The lowest BCUT2D eigenvalue weighted by atomic mass is 9.98. The minimum Gasteiger partial charge on any atom is -0.316 e. The molecule has 0 bridgehead atoms. The van der Waals surface area contributed by atoms with Crippen molar-refractivity contribution < 1.29 is 12.8 Å². The van der Waals surface area contributed by atoms with E-state index in [1.807, 2.05) is 0 Å². The van der Waals surface area contributed by atoms with E-state index in [0.717, 1.165) is 31.8 Å². The molecule has 17 heavy (non-hydrogen) atoms. The maximum Gasteiger partial charge on any atom is 0.175 e. The Morgan fingerprint density at radius 3 is 2.76 bits per heavy atom. The Bertz CT molecular complexity index is 507. The van der Waals surface area contributed by atoms with Crippen LogP contribution in [0.25, 0.3) is 0 Å². The molecule has 1 fully saturated rings. The van der Waals surface area contributed by atoms with Gasteiger partial charge < -0.3 is 5.32 Å². The molecule has 1 aromatic rings. The Morgan fingerprint density at radius 1 is 1.47 bits per heavy atom. The highest BCUT2D eigenvalue weighted by atomic mass is 32.2. The molecule has 94 valence electrons. The van der Waals surface area contributed by atoms with Crippen molar-refractivity contribution in [1.29, 1.82) is 0 Å². The van der Waals surface area contributed by atoms with Gasteiger partial charge in [0.05, 0.1) is 4.90 Å². The largest absolute Gasteiger partial charge is 0.316 e. The molecule has 0 amide bonds. The van der Waals surface area contributed by atoms with Gasteiger partial charge in [0, 0.05) is 6.26 Å². The summed E-state index contributed by atoms with van der Waals surface area (Å²) in [7, 11) is -3.32. The molecule has 1 unspecified atom stereocenters. The molecular formula is C12H16FNO2S. The molecule has 0 saturated carbocycles. The van der Waals surface area contributed by atoms with E-state index < -0.39 is 15.7 Å². The average molecular weight is 257 g/mol. The van der Waals surface area contributed by atoms with Gasteiger partial charge in [-0.25, -0.2) is 12.8 Å². The van der Waals surface area contributed by atoms with Crippen LogP contribution in [0.15, 0.2) is 23.1 Å². The fourth-order valence-corrected chi connectivity index (χ4v) is 2.76. The lowest BCUT2D eigenvalue weighted by Crippen LogP contribution is -2.11. The molecule has 1 saturated heterocycles. The lowest BCUT2D eigenvalue weighted by molar-refractivity contribution is 0.541. The first-order valence-corrected chi connectivity index (χ1v) is 7.55. The molecule has 3 nitrogen and oxygen atoms in total. The van der Waals surface area contributed by atoms with Crippen LogP contribution in [0.1, 0.15) is 12.0 Å². The number of nitrogens with one attached hydrogen (secondary N) is 1. The van der Waals surface area contributed by atoms with Gasteiger partial charge in [0.2, 0.25) is 0 Å². The standard InChI is InChI=1S/C12H16FNO2S/c1-17(15,16)11-3-2-10(12(13)7-11)6-9-4-5-14-8-9/h2-3,7,9,14H,4-6,8H2,1H3. The quantitative estimate of drug-likeness (QED) is 0.890. The number of hydrogen-bond acceptors (Lipinski definition) is 3. The van der Waals surface area contributed by atoms with E-state index in [-0.39, 0.29) is 4.90 Å². The summed E-state index contributed by atoms with van der Waals surface area (Å²) in [4.78, 5) is 0.0447. The minimum absolute atomic E-state index is 0.0447. The van der Waals surface area contributed by atoms with Gasteiger partial charge in [0.1, 0.15) is 5.82 Å². The van der Waals surface area contributed by atoms with E-state index in [1.54, 1.807) is 6.07 Å². The predicted octanol–water partition coefficient (Wildman–Crippen LogP) is 1.38. The maximum absolute atomic E-state index is 13.7. The Balaban J connectivity index is 2.19. The van der Waals surface area contributed by atoms with Gasteiger partial charge in [-0.05, 0) is 49.5 Å². The molecule has 0 aromatic heterocycles. The molecule has 0 radical (unpaired) electrons. The molecule has 0 spiro atoms. The van der Waals surface area contributed by atoms with Crippen LogP contribution < -0.4 is 5.32 Å². The van der Waals surface area contributed by atoms with E-state index in [2.05, 4.69) is 5.32 Å². The van der Waals surface area contributed by atoms with Crippen molar-refractivity contribution in [3.8, 4) is 0 Å². The third-order valence-electron chi connectivity index (χ3n) is 3.12. The van der Waals surface area contributed by atoms with Crippen molar-refractivity contribution in [3.05, 3.63) is 29.6 Å². The summed E-state index contributed by atoms with van der Waals surface area (Å²) in [6.07, 6.45) is 2.80. The predicted molar refractivity (Wildman–Crippen MR) is 64.2 cm³/mol. The van der Waals surface area contributed by atoms with Crippen molar-refractivity contribution in [2.24, 2.45) is 5.92 Å². The molecule has 5 heteroatoms. The average Bonchev–Trinajstić information content (AvgIpc) is 2.72. The molecular weight excluding hydrogens is 241 g/mol. The van der Waals surface area contributed by atoms with Gasteiger partial charge in [-0.2, -0.15) is 0 Å². The normalized spacial score (nSPS) is 20.7. The van der Waals surface area contributed by atoms with E-state index in [1.165, 1.54) is 6.07 Å². The first kappa shape index (κ1) is 12.5. The van der Waals surface area contributed by atoms with Gasteiger partial charge >= 0.3 is 0 Å². The van der Waals surface area contributed by atoms with Gasteiger partial charge in [0.25, 0.3) is 0 Å². The van der Waals surface area contributed by atoms with E-state index in [9.17, 15) is 12.8 Å². The zero-order chi connectivity index (χ0) is 12.5. The van der Waals surface area contributed by atoms with E-state index in [0.29, 0.717) is 17.9 Å². The number of rotatable bonds is 3. The molecule has 1 aliphatic rings. The van der Waals surface area contributed by atoms with Crippen LogP contribution in [-0.4, -0.2) is 27.8 Å². The van der Waals surface area contributed by atoms with Crippen molar-refractivity contribution in [2.75, 3.05) is 19.3 Å². The highest BCUT2D eigenvalue weighted by Gasteiger charge is 2.18. The topological polar surface area (TPSA) is 46.2 Å². The van der Waals surface area contributed by atoms with Crippen LogP contribution in [0.2, 0.25) is 0 Å². The summed E-state index contributed by atoms with van der Waals surface area (Å²) in [6, 6.07) is 4.19. The number of benzene rings is 1. The summed E-state index contributed by atoms with van der Waals surface area (Å²) in [5.74, 6) is 0.0356. The summed E-state index contributed by atoms with van der Waals surface area (Å²) < 4.78 is 36.3. The summed E-state index contributed by atoms with van der Waals surface area (Å²) in [5.41, 5.74) is 0.603. The van der Waals surface area contributed by atoms with Crippen LogP contribution >= 0.6 is 0 Å². The first-order valence-electron chi connectivity index (χ1n) is 5.66. The second-order valence-corrected chi connectivity index (χ2v) is 6.60. The lowest BCUT2D eigenvalue weighted by Gasteiger charge is -2.10. The Morgan fingerprint density at radius 2 is 2.24 bits per heavy atom. The zero-order valence-electron chi connectivity index (χ0n) is 9.74. The second-order valence-electron chi connectivity index (χ2n) is 4.59. The Kier molecular flexibility index (Phi) is 3.49. The second kappa shape index (κ2) is 4.74. The van der Waals surface area contributed by atoms with Crippen molar-refractivity contribution >= 4 is 9.84 Å². The molecule has 1 heterocycles. The number of sulfone groups is 1. The third-order valence-corrected chi connectivity index (χ3v) is 4.23. The Hall–Kier alpha value is -0.940. The van der Waals surface area contributed by atoms with Crippen molar-refractivity contribution in [2.45, 2.75) is 17.7 Å². The smallest absolute Gasteiger partial charge is 0.175 e. The zero-order valence-corrected chi connectivity index (χ0v) is 10.6.